The molecule has 0 aliphatic rings. The lowest BCUT2D eigenvalue weighted by molar-refractivity contribution is -0.384. The number of hydrogen-bond donors (Lipinski definition) is 1. The van der Waals surface area contributed by atoms with Crippen molar-refractivity contribution in [1.82, 2.24) is 0 Å². The second-order valence-electron chi connectivity index (χ2n) is 6.33. The van der Waals surface area contributed by atoms with Crippen molar-refractivity contribution in [2.45, 2.75) is 70.8 Å². The highest BCUT2D eigenvalue weighted by Gasteiger charge is 2.18. The summed E-state index contributed by atoms with van der Waals surface area (Å²) in [6.45, 7) is 2.15. The molecule has 0 aliphatic heterocycles. The molecule has 27 heavy (non-hydrogen) atoms. The summed E-state index contributed by atoms with van der Waals surface area (Å²) in [7, 11) is 0. The fourth-order valence-corrected chi connectivity index (χ4v) is 2.59. The number of nitro groups is 1. The van der Waals surface area contributed by atoms with E-state index in [2.05, 4.69) is 6.92 Å². The van der Waals surface area contributed by atoms with Crippen LogP contribution in [-0.4, -0.2) is 28.3 Å². The summed E-state index contributed by atoms with van der Waals surface area (Å²) in [6.07, 6.45) is 5.72. The van der Waals surface area contributed by atoms with Crippen LogP contribution in [-0.2, 0) is 9.53 Å². The molecule has 1 atom stereocenters. The number of carboxylic acids is 1. The summed E-state index contributed by atoms with van der Waals surface area (Å²) < 4.78 is 10.3. The molecule has 0 saturated carbocycles. The number of unbranched alkanes of at least 4 members (excludes halogenated alkanes) is 5. The van der Waals surface area contributed by atoms with Crippen LogP contribution in [0, 0.1) is 10.1 Å². The molecule has 0 aliphatic carbocycles. The molecular weight excluding hydrogens is 354 g/mol. The SMILES string of the molecule is CCCCCCCCC(CCC(=O)O)OC(=O)Oc1ccc([N+](=O)[O-])cc1. The van der Waals surface area contributed by atoms with Crippen molar-refractivity contribution in [3.8, 4) is 5.75 Å². The van der Waals surface area contributed by atoms with Gasteiger partial charge < -0.3 is 14.6 Å². The molecule has 1 aromatic carbocycles. The van der Waals surface area contributed by atoms with Crippen molar-refractivity contribution in [2.75, 3.05) is 0 Å². The van der Waals surface area contributed by atoms with Crippen LogP contribution in [0.5, 0.6) is 5.75 Å². The molecule has 0 fully saturated rings. The third kappa shape index (κ3) is 10.2. The number of benzene rings is 1. The van der Waals surface area contributed by atoms with Gasteiger partial charge in [-0.25, -0.2) is 4.79 Å². The van der Waals surface area contributed by atoms with Crippen LogP contribution in [0.3, 0.4) is 0 Å². The Kier molecular flexibility index (Phi) is 10.5. The zero-order chi connectivity index (χ0) is 20.1. The number of nitro benzene ring substituents is 1. The monoisotopic (exact) mass is 381 g/mol. The summed E-state index contributed by atoms with van der Waals surface area (Å²) >= 11 is 0. The molecule has 0 amide bonds. The molecule has 0 spiro atoms. The largest absolute Gasteiger partial charge is 0.514 e. The first kappa shape index (κ1) is 22.4. The lowest BCUT2D eigenvalue weighted by Gasteiger charge is -2.17. The Labute approximate surface area is 158 Å². The number of non-ortho nitro benzene ring substituents is 1. The molecule has 0 aromatic heterocycles. The maximum atomic E-state index is 11.9. The Bertz CT molecular complexity index is 601. The normalized spacial score (nSPS) is 11.6. The third-order valence-electron chi connectivity index (χ3n) is 4.07. The molecule has 0 radical (unpaired) electrons. The van der Waals surface area contributed by atoms with E-state index in [1.54, 1.807) is 0 Å². The van der Waals surface area contributed by atoms with Crippen LogP contribution < -0.4 is 4.74 Å². The van der Waals surface area contributed by atoms with E-state index < -0.39 is 23.2 Å². The summed E-state index contributed by atoms with van der Waals surface area (Å²) in [5.74, 6) is -0.822. The summed E-state index contributed by atoms with van der Waals surface area (Å²) in [4.78, 5) is 32.8. The van der Waals surface area contributed by atoms with Gasteiger partial charge in [-0.05, 0) is 31.4 Å². The fourth-order valence-electron chi connectivity index (χ4n) is 2.59. The average molecular weight is 381 g/mol. The number of hydrogen-bond acceptors (Lipinski definition) is 6. The summed E-state index contributed by atoms with van der Waals surface area (Å²) in [6, 6.07) is 5.06. The Balaban J connectivity index is 2.47. The van der Waals surface area contributed by atoms with Crippen LogP contribution in [0.1, 0.15) is 64.7 Å². The number of carboxylic acid groups (broad SMARTS) is 1. The van der Waals surface area contributed by atoms with Gasteiger partial charge in [-0.3, -0.25) is 14.9 Å². The smallest absolute Gasteiger partial charge is 0.481 e. The molecule has 1 N–H and O–H groups in total. The minimum atomic E-state index is -0.949. The topological polar surface area (TPSA) is 116 Å². The maximum absolute atomic E-state index is 11.9. The van der Waals surface area contributed by atoms with E-state index >= 15 is 0 Å². The van der Waals surface area contributed by atoms with Crippen molar-refractivity contribution < 1.29 is 29.1 Å². The quantitative estimate of drug-likeness (QED) is 0.166. The van der Waals surface area contributed by atoms with Crippen LogP contribution >= 0.6 is 0 Å². The first-order valence-corrected chi connectivity index (χ1v) is 9.27. The molecule has 150 valence electrons. The highest BCUT2D eigenvalue weighted by Crippen LogP contribution is 2.19. The van der Waals surface area contributed by atoms with E-state index in [0.29, 0.717) is 6.42 Å². The summed E-state index contributed by atoms with van der Waals surface area (Å²) in [5, 5.41) is 19.5. The highest BCUT2D eigenvalue weighted by atomic mass is 16.7. The second kappa shape index (κ2) is 12.7. The molecule has 1 aromatic rings. The predicted octanol–water partition coefficient (Wildman–Crippen LogP) is 5.09. The van der Waals surface area contributed by atoms with E-state index in [0.717, 1.165) is 19.3 Å². The van der Waals surface area contributed by atoms with Gasteiger partial charge in [0, 0.05) is 18.6 Å². The van der Waals surface area contributed by atoms with Gasteiger partial charge >= 0.3 is 12.1 Å². The molecule has 1 rings (SSSR count). The van der Waals surface area contributed by atoms with Crippen molar-refractivity contribution in [1.29, 1.82) is 0 Å². The molecule has 0 saturated heterocycles. The first-order valence-electron chi connectivity index (χ1n) is 9.27. The highest BCUT2D eigenvalue weighted by molar-refractivity contribution is 5.67. The predicted molar refractivity (Wildman–Crippen MR) is 98.9 cm³/mol. The zero-order valence-corrected chi connectivity index (χ0v) is 15.6. The Morgan fingerprint density at radius 2 is 1.70 bits per heavy atom. The van der Waals surface area contributed by atoms with E-state index in [-0.39, 0.29) is 24.3 Å². The van der Waals surface area contributed by atoms with Crippen molar-refractivity contribution in [2.24, 2.45) is 0 Å². The Morgan fingerprint density at radius 3 is 2.30 bits per heavy atom. The van der Waals surface area contributed by atoms with Gasteiger partial charge in [-0.2, -0.15) is 0 Å². The number of carbonyl (C=O) groups is 2. The zero-order valence-electron chi connectivity index (χ0n) is 15.6. The van der Waals surface area contributed by atoms with E-state index in [4.69, 9.17) is 14.6 Å². The molecule has 0 heterocycles. The van der Waals surface area contributed by atoms with Gasteiger partial charge in [0.1, 0.15) is 11.9 Å². The Hall–Kier alpha value is -2.64. The minimum absolute atomic E-state index is 0.0920. The van der Waals surface area contributed by atoms with Gasteiger partial charge in [0.2, 0.25) is 0 Å². The molecular formula is C19H27NO7. The fraction of sp³-hybridized carbons (Fsp3) is 0.579. The van der Waals surface area contributed by atoms with Crippen LogP contribution in [0.25, 0.3) is 0 Å². The van der Waals surface area contributed by atoms with Crippen molar-refractivity contribution in [3.05, 3.63) is 34.4 Å². The van der Waals surface area contributed by atoms with Crippen molar-refractivity contribution >= 4 is 17.8 Å². The standard InChI is InChI=1S/C19H27NO7/c1-2-3-4-5-6-7-8-16(13-14-18(21)22)26-19(23)27-17-11-9-15(10-12-17)20(24)25/h9-12,16H,2-8,13-14H2,1H3,(H,21,22). The minimum Gasteiger partial charge on any atom is -0.481 e. The second-order valence-corrected chi connectivity index (χ2v) is 6.33. The number of ether oxygens (including phenoxy) is 2. The van der Waals surface area contributed by atoms with Gasteiger partial charge in [0.25, 0.3) is 5.69 Å². The number of rotatable bonds is 13. The molecule has 8 nitrogen and oxygen atoms in total. The molecule has 1 unspecified atom stereocenters. The number of nitrogens with zero attached hydrogens (tertiary/aromatic N) is 1. The van der Waals surface area contributed by atoms with Crippen LogP contribution in [0.15, 0.2) is 24.3 Å². The number of carbonyl (C=O) groups excluding carboxylic acids is 1. The van der Waals surface area contributed by atoms with Gasteiger partial charge in [0.05, 0.1) is 4.92 Å². The van der Waals surface area contributed by atoms with E-state index in [1.165, 1.54) is 43.5 Å². The molecule has 8 heteroatoms. The van der Waals surface area contributed by atoms with Crippen LogP contribution in [0.2, 0.25) is 0 Å². The lowest BCUT2D eigenvalue weighted by atomic mass is 10.0. The van der Waals surface area contributed by atoms with Gasteiger partial charge in [-0.15, -0.1) is 0 Å². The van der Waals surface area contributed by atoms with Gasteiger partial charge in [0.15, 0.2) is 0 Å². The lowest BCUT2D eigenvalue weighted by Crippen LogP contribution is -2.22. The third-order valence-corrected chi connectivity index (χ3v) is 4.07. The van der Waals surface area contributed by atoms with E-state index in [1.807, 2.05) is 0 Å². The average Bonchev–Trinajstić information content (AvgIpc) is 2.62. The maximum Gasteiger partial charge on any atom is 0.514 e. The van der Waals surface area contributed by atoms with Crippen molar-refractivity contribution in [3.63, 3.8) is 0 Å². The molecule has 0 bridgehead atoms. The Morgan fingerprint density at radius 1 is 1.07 bits per heavy atom. The summed E-state index contributed by atoms with van der Waals surface area (Å²) in [5.41, 5.74) is -0.113. The van der Waals surface area contributed by atoms with Gasteiger partial charge in [-0.1, -0.05) is 39.0 Å². The van der Waals surface area contributed by atoms with Crippen LogP contribution in [0.4, 0.5) is 10.5 Å². The van der Waals surface area contributed by atoms with E-state index in [9.17, 15) is 19.7 Å². The first-order chi connectivity index (χ1) is 12.9. The number of aliphatic carboxylic acids is 1.